The summed E-state index contributed by atoms with van der Waals surface area (Å²) in [5.41, 5.74) is -3.79. The number of aromatic nitrogens is 5. The van der Waals surface area contributed by atoms with E-state index in [-0.39, 0.29) is 46.4 Å². The summed E-state index contributed by atoms with van der Waals surface area (Å²) < 4.78 is 92.7. The lowest BCUT2D eigenvalue weighted by Gasteiger charge is -2.28. The molecule has 1 aromatic heterocycles. The molecule has 0 amide bonds. The van der Waals surface area contributed by atoms with E-state index in [2.05, 4.69) is 24.7 Å². The Kier molecular flexibility index (Phi) is 8.20. The third kappa shape index (κ3) is 6.39. The molecule has 3 heterocycles. The normalized spacial score (nSPS) is 15.2. The summed E-state index contributed by atoms with van der Waals surface area (Å²) in [4.78, 5) is 39.6. The molecule has 3 aliphatic rings. The second-order valence-electron chi connectivity index (χ2n) is 10.9. The highest BCUT2D eigenvalue weighted by Crippen LogP contribution is 2.45. The van der Waals surface area contributed by atoms with Gasteiger partial charge in [0.1, 0.15) is 17.1 Å². The van der Waals surface area contributed by atoms with Gasteiger partial charge in [-0.2, -0.15) is 18.3 Å². The number of aliphatic carboxylic acids is 1. The number of phosphoric acid groups is 1. The fraction of sp³-hybridized carbons (Fsp3) is 0.276. The lowest BCUT2D eigenvalue weighted by Crippen LogP contribution is -2.44. The van der Waals surface area contributed by atoms with Crippen molar-refractivity contribution < 1.29 is 55.3 Å². The summed E-state index contributed by atoms with van der Waals surface area (Å²) in [6, 6.07) is 8.20. The molecule has 6 rings (SSSR count). The molecule has 1 aliphatic carbocycles. The summed E-state index contributed by atoms with van der Waals surface area (Å²) in [6.07, 6.45) is -1.91. The topological polar surface area (TPSA) is 174 Å². The second kappa shape index (κ2) is 11.9. The zero-order chi connectivity index (χ0) is 33.7. The molecule has 0 spiro atoms. The highest BCUT2D eigenvalue weighted by molar-refractivity contribution is 7.46. The number of halogens is 5. The van der Waals surface area contributed by atoms with Gasteiger partial charge in [0, 0.05) is 11.6 Å². The van der Waals surface area contributed by atoms with Crippen molar-refractivity contribution in [2.75, 3.05) is 6.61 Å². The van der Waals surface area contributed by atoms with Gasteiger partial charge in [-0.25, -0.2) is 32.8 Å². The van der Waals surface area contributed by atoms with Gasteiger partial charge >= 0.3 is 20.0 Å². The molecule has 3 N–H and O–H groups in total. The molecule has 1 unspecified atom stereocenters. The van der Waals surface area contributed by atoms with E-state index in [0.717, 1.165) is 48.1 Å². The average Bonchev–Trinajstić information content (AvgIpc) is 3.58. The smallest absolute Gasteiger partial charge is 0.469 e. The first-order chi connectivity index (χ1) is 22.2. The molecule has 246 valence electrons. The summed E-state index contributed by atoms with van der Waals surface area (Å²) in [5, 5.41) is 18.5. The van der Waals surface area contributed by atoms with Crippen LogP contribution in [0.3, 0.4) is 0 Å². The van der Waals surface area contributed by atoms with E-state index in [1.165, 1.54) is 24.3 Å². The van der Waals surface area contributed by atoms with Gasteiger partial charge in [0.2, 0.25) is 5.54 Å². The maximum Gasteiger partial charge on any atom is 0.469 e. The minimum Gasteiger partial charge on any atom is -0.479 e. The van der Waals surface area contributed by atoms with Gasteiger partial charge in [0.15, 0.2) is 23.2 Å². The van der Waals surface area contributed by atoms with Crippen molar-refractivity contribution in [1.29, 1.82) is 0 Å². The maximum absolute atomic E-state index is 14.5. The van der Waals surface area contributed by atoms with Gasteiger partial charge in [0.25, 0.3) is 0 Å². The van der Waals surface area contributed by atoms with Crippen LogP contribution in [0, 0.1) is 11.6 Å². The zero-order valence-corrected chi connectivity index (χ0v) is 24.8. The Labute approximate surface area is 261 Å². The van der Waals surface area contributed by atoms with E-state index in [1.807, 2.05) is 0 Å². The lowest BCUT2D eigenvalue weighted by atomic mass is 9.89. The van der Waals surface area contributed by atoms with Crippen LogP contribution in [0.4, 0.5) is 22.0 Å². The highest BCUT2D eigenvalue weighted by Gasteiger charge is 2.48. The molecule has 18 heteroatoms. The Bertz CT molecular complexity index is 1990. The van der Waals surface area contributed by atoms with Crippen LogP contribution in [-0.4, -0.2) is 52.4 Å². The number of carbonyl (C=O) groups is 1. The van der Waals surface area contributed by atoms with Crippen LogP contribution in [0.25, 0.3) is 34.0 Å². The number of hydrogen-bond acceptors (Lipinski definition) is 8. The number of nitrogens with zero attached hydrogens (tertiary/aromatic N) is 5. The maximum atomic E-state index is 14.5. The first-order valence-electron chi connectivity index (χ1n) is 14.0. The van der Waals surface area contributed by atoms with Gasteiger partial charge in [-0.1, -0.05) is 23.4 Å². The quantitative estimate of drug-likeness (QED) is 0.0850. The Morgan fingerprint density at radius 2 is 1.79 bits per heavy atom. The predicted molar refractivity (Wildman–Crippen MR) is 151 cm³/mol. The molecule has 1 saturated carbocycles. The van der Waals surface area contributed by atoms with Crippen LogP contribution in [0.15, 0.2) is 59.4 Å². The monoisotopic (exact) mass is 679 g/mol. The number of fused-ring (bicyclic) bond motifs is 1. The number of phosphoric ester groups is 1. The van der Waals surface area contributed by atoms with Crippen LogP contribution < -0.4 is 0 Å². The van der Waals surface area contributed by atoms with Crippen molar-refractivity contribution in [1.82, 2.24) is 24.9 Å². The molecular weight excluding hydrogens is 656 g/mol. The fourth-order valence-electron chi connectivity index (χ4n) is 5.29. The molecule has 47 heavy (non-hydrogen) atoms. The molecule has 0 radical (unpaired) electrons. The van der Waals surface area contributed by atoms with E-state index in [0.29, 0.717) is 5.56 Å². The molecular formula is C29H23F5N5O7P. The summed E-state index contributed by atoms with van der Waals surface area (Å²) in [7, 11) is -4.93. The van der Waals surface area contributed by atoms with E-state index in [1.54, 1.807) is 0 Å². The molecule has 2 aliphatic heterocycles. The van der Waals surface area contributed by atoms with Crippen molar-refractivity contribution in [3.05, 3.63) is 83.4 Å². The van der Waals surface area contributed by atoms with Crippen LogP contribution in [-0.2, 0) is 25.6 Å². The number of alkyl halides is 3. The Morgan fingerprint density at radius 1 is 1.04 bits per heavy atom. The van der Waals surface area contributed by atoms with Gasteiger partial charge in [-0.3, -0.25) is 4.52 Å². The largest absolute Gasteiger partial charge is 0.479 e. The van der Waals surface area contributed by atoms with Crippen LogP contribution in [0.2, 0.25) is 0 Å². The predicted octanol–water partition coefficient (Wildman–Crippen LogP) is 5.99. The van der Waals surface area contributed by atoms with E-state index in [4.69, 9.17) is 14.3 Å². The SMILES string of the molecule is O=C(O)C(CCCOP(=O)(O)O)(c1cc(-c2ccc(C3CC3)cc2C(F)(F)F)no1)n1cc2nc(-c3cccc(F)c3F)nc-2cn1. The van der Waals surface area contributed by atoms with Gasteiger partial charge in [0.05, 0.1) is 30.1 Å². The lowest BCUT2D eigenvalue weighted by molar-refractivity contribution is -0.147. The number of carboxylic acids is 1. The average molecular weight is 679 g/mol. The van der Waals surface area contributed by atoms with Crippen molar-refractivity contribution in [3.8, 4) is 34.0 Å². The second-order valence-corrected chi connectivity index (χ2v) is 12.1. The minimum atomic E-state index is -4.93. The third-order valence-electron chi connectivity index (χ3n) is 7.74. The summed E-state index contributed by atoms with van der Waals surface area (Å²) in [5.74, 6) is -4.70. The van der Waals surface area contributed by atoms with Crippen molar-refractivity contribution in [3.63, 3.8) is 0 Å². The molecule has 3 aromatic rings. The first kappa shape index (κ1) is 32.4. The van der Waals surface area contributed by atoms with Gasteiger partial charge in [-0.05, 0) is 55.4 Å². The Balaban J connectivity index is 1.46. The van der Waals surface area contributed by atoms with Crippen molar-refractivity contribution >= 4 is 13.8 Å². The molecule has 0 saturated heterocycles. The number of rotatable bonds is 11. The molecule has 1 atom stereocenters. The number of imidazole rings is 1. The summed E-state index contributed by atoms with van der Waals surface area (Å²) >= 11 is 0. The number of carboxylic acid groups (broad SMARTS) is 1. The minimum absolute atomic E-state index is 0.0163. The highest BCUT2D eigenvalue weighted by atomic mass is 31.2. The molecule has 12 nitrogen and oxygen atoms in total. The molecule has 2 aromatic carbocycles. The third-order valence-corrected chi connectivity index (χ3v) is 8.25. The van der Waals surface area contributed by atoms with E-state index >= 15 is 0 Å². The molecule has 1 fully saturated rings. The van der Waals surface area contributed by atoms with Gasteiger partial charge in [-0.15, -0.1) is 0 Å². The standard InChI is InChI=1S/C29H23F5N5O7P/c30-20-4-1-3-18(25(20)31)26-36-22-13-35-39(14-23(22)37-26)28(27(40)41,9-2-10-45-47(42,43)44)24-12-21(38-46-24)17-8-7-16(15-5-6-15)11-19(17)29(32,33)34/h1,3-4,7-8,11-15H,2,5-6,9-10H2,(H,40,41)(H2,42,43,44). The summed E-state index contributed by atoms with van der Waals surface area (Å²) in [6.45, 7) is -0.622. The molecule has 0 bridgehead atoms. The van der Waals surface area contributed by atoms with Crippen LogP contribution in [0.5, 0.6) is 0 Å². The van der Waals surface area contributed by atoms with Crippen LogP contribution >= 0.6 is 7.82 Å². The van der Waals surface area contributed by atoms with Crippen molar-refractivity contribution in [2.24, 2.45) is 0 Å². The van der Waals surface area contributed by atoms with Crippen molar-refractivity contribution in [2.45, 2.75) is 43.3 Å². The number of hydrogen-bond donors (Lipinski definition) is 3. The Morgan fingerprint density at radius 3 is 2.47 bits per heavy atom. The number of benzene rings is 2. The Hall–Kier alpha value is -4.57. The van der Waals surface area contributed by atoms with E-state index in [9.17, 15) is 36.4 Å². The van der Waals surface area contributed by atoms with Crippen LogP contribution in [0.1, 0.15) is 48.5 Å². The first-order valence-corrected chi connectivity index (χ1v) is 15.5. The zero-order valence-electron chi connectivity index (χ0n) is 23.9. The fourth-order valence-corrected chi connectivity index (χ4v) is 5.66. The van der Waals surface area contributed by atoms with Gasteiger partial charge < -0.3 is 19.4 Å². The van der Waals surface area contributed by atoms with E-state index < -0.39 is 61.5 Å².